The fourth-order valence-corrected chi connectivity index (χ4v) is 3.35. The fourth-order valence-electron chi connectivity index (χ4n) is 2.27. The van der Waals surface area contributed by atoms with Crippen molar-refractivity contribution in [3.05, 3.63) is 34.0 Å². The smallest absolute Gasteiger partial charge is 0.250 e. The van der Waals surface area contributed by atoms with Gasteiger partial charge in [-0.25, -0.2) is 0 Å². The van der Waals surface area contributed by atoms with Crippen LogP contribution in [0.15, 0.2) is 23.0 Å². The fraction of sp³-hybridized carbons (Fsp3) is 0.526. The summed E-state index contributed by atoms with van der Waals surface area (Å²) in [5.41, 5.74) is 1.69. The Morgan fingerprint density at radius 3 is 2.33 bits per heavy atom. The van der Waals surface area contributed by atoms with Gasteiger partial charge in [-0.1, -0.05) is 20.8 Å². The second kappa shape index (κ2) is 6.28. The highest BCUT2D eigenvalue weighted by atomic mass is 28.4. The lowest BCUT2D eigenvalue weighted by Gasteiger charge is -2.37. The Hall–Kier alpha value is -1.75. The van der Waals surface area contributed by atoms with Gasteiger partial charge in [0.2, 0.25) is 8.32 Å². The number of benzene rings is 1. The quantitative estimate of drug-likeness (QED) is 0.791. The van der Waals surface area contributed by atoms with Gasteiger partial charge in [-0.3, -0.25) is 4.79 Å². The van der Waals surface area contributed by atoms with Gasteiger partial charge in [-0.15, -0.1) is 0 Å². The monoisotopic (exact) mass is 347 g/mol. The summed E-state index contributed by atoms with van der Waals surface area (Å²) in [4.78, 5) is 15.6. The molecule has 0 radical (unpaired) electrons. The molecule has 1 aromatic heterocycles. The molecule has 0 spiro atoms. The van der Waals surface area contributed by atoms with Gasteiger partial charge in [-0.05, 0) is 51.0 Å². The summed E-state index contributed by atoms with van der Waals surface area (Å²) < 4.78 is 12.1. The molecule has 1 aromatic carbocycles. The first-order valence-corrected chi connectivity index (χ1v) is 11.4. The Balaban J connectivity index is 2.55. The zero-order valence-electron chi connectivity index (χ0n) is 16.0. The molecule has 24 heavy (non-hydrogen) atoms. The van der Waals surface area contributed by atoms with E-state index in [9.17, 15) is 4.79 Å². The number of ether oxygens (including phenoxy) is 1. The van der Waals surface area contributed by atoms with Crippen LogP contribution in [0.5, 0.6) is 11.6 Å². The van der Waals surface area contributed by atoms with E-state index in [2.05, 4.69) is 38.8 Å². The number of pyridine rings is 1. The standard InChI is InChI=1S/C19H29NO3Si/c1-12(2)22-17-11-15(21)14-9-10-16(13(3)18(14)20-17)23-24(7,8)19(4,5)6/h9-12H,1-8H3,(H,20,21). The van der Waals surface area contributed by atoms with E-state index >= 15 is 0 Å². The Morgan fingerprint density at radius 2 is 1.79 bits per heavy atom. The van der Waals surface area contributed by atoms with Crippen molar-refractivity contribution in [1.29, 1.82) is 0 Å². The summed E-state index contributed by atoms with van der Waals surface area (Å²) >= 11 is 0. The molecule has 2 aromatic rings. The Morgan fingerprint density at radius 1 is 1.17 bits per heavy atom. The number of hydrogen-bond acceptors (Lipinski definition) is 3. The van der Waals surface area contributed by atoms with Crippen molar-refractivity contribution in [3.8, 4) is 11.6 Å². The molecule has 0 unspecified atom stereocenters. The van der Waals surface area contributed by atoms with Crippen molar-refractivity contribution in [2.45, 2.75) is 65.8 Å². The number of aryl methyl sites for hydroxylation is 1. The van der Waals surface area contributed by atoms with E-state index in [4.69, 9.17) is 9.16 Å². The molecule has 0 saturated carbocycles. The molecule has 4 nitrogen and oxygen atoms in total. The number of rotatable bonds is 4. The topological polar surface area (TPSA) is 51.3 Å². The van der Waals surface area contributed by atoms with Crippen molar-refractivity contribution in [3.63, 3.8) is 0 Å². The predicted molar refractivity (Wildman–Crippen MR) is 103 cm³/mol. The van der Waals surface area contributed by atoms with E-state index in [0.717, 1.165) is 16.8 Å². The van der Waals surface area contributed by atoms with E-state index in [-0.39, 0.29) is 16.6 Å². The lowest BCUT2D eigenvalue weighted by molar-refractivity contribution is 0.233. The maximum atomic E-state index is 12.4. The van der Waals surface area contributed by atoms with Gasteiger partial charge in [0.15, 0.2) is 11.3 Å². The molecule has 0 atom stereocenters. The number of nitrogens with one attached hydrogen (secondary N) is 1. The molecule has 0 saturated heterocycles. The van der Waals surface area contributed by atoms with Gasteiger partial charge in [-0.2, -0.15) is 0 Å². The molecule has 0 bridgehead atoms. The molecule has 0 fully saturated rings. The van der Waals surface area contributed by atoms with Crippen molar-refractivity contribution in [1.82, 2.24) is 4.98 Å². The summed E-state index contributed by atoms with van der Waals surface area (Å²) in [7, 11) is -1.94. The van der Waals surface area contributed by atoms with Crippen LogP contribution in [0.25, 0.3) is 10.9 Å². The minimum atomic E-state index is -1.94. The molecular weight excluding hydrogens is 318 g/mol. The highest BCUT2D eigenvalue weighted by Crippen LogP contribution is 2.39. The van der Waals surface area contributed by atoms with E-state index in [1.165, 1.54) is 6.07 Å². The van der Waals surface area contributed by atoms with Gasteiger partial charge in [0.25, 0.3) is 0 Å². The van der Waals surface area contributed by atoms with Gasteiger partial charge < -0.3 is 14.1 Å². The van der Waals surface area contributed by atoms with Crippen LogP contribution in [0.1, 0.15) is 40.2 Å². The first-order valence-electron chi connectivity index (χ1n) is 8.44. The Labute approximate surface area is 145 Å². The van der Waals surface area contributed by atoms with Crippen LogP contribution in [-0.4, -0.2) is 19.4 Å². The number of fused-ring (bicyclic) bond motifs is 1. The number of aromatic amines is 1. The highest BCUT2D eigenvalue weighted by molar-refractivity contribution is 6.74. The van der Waals surface area contributed by atoms with Crippen molar-refractivity contribution in [2.24, 2.45) is 0 Å². The first-order chi connectivity index (χ1) is 10.9. The van der Waals surface area contributed by atoms with E-state index in [0.29, 0.717) is 11.3 Å². The molecule has 0 aliphatic carbocycles. The SMILES string of the molecule is Cc1c(O[Si](C)(C)C(C)(C)C)ccc2c(=O)cc(OC(C)C)[nH]c12. The average Bonchev–Trinajstić information content (AvgIpc) is 2.40. The maximum Gasteiger partial charge on any atom is 0.250 e. The molecule has 2 rings (SSSR count). The zero-order valence-corrected chi connectivity index (χ0v) is 17.0. The lowest BCUT2D eigenvalue weighted by Crippen LogP contribution is -2.44. The van der Waals surface area contributed by atoms with E-state index in [1.807, 2.05) is 32.9 Å². The summed E-state index contributed by atoms with van der Waals surface area (Å²) in [5.74, 6) is 1.33. The van der Waals surface area contributed by atoms with Gasteiger partial charge in [0.05, 0.1) is 11.6 Å². The Kier molecular flexibility index (Phi) is 4.86. The van der Waals surface area contributed by atoms with Crippen LogP contribution in [0.3, 0.4) is 0 Å². The molecule has 0 amide bonds. The summed E-state index contributed by atoms with van der Waals surface area (Å²) in [6.45, 7) is 16.9. The van der Waals surface area contributed by atoms with E-state index < -0.39 is 8.32 Å². The highest BCUT2D eigenvalue weighted by Gasteiger charge is 2.39. The van der Waals surface area contributed by atoms with Crippen LogP contribution in [0, 0.1) is 6.92 Å². The molecule has 1 N–H and O–H groups in total. The predicted octanol–water partition coefficient (Wildman–Crippen LogP) is 5.01. The van der Waals surface area contributed by atoms with Gasteiger partial charge >= 0.3 is 0 Å². The van der Waals surface area contributed by atoms with Crippen molar-refractivity contribution >= 4 is 19.2 Å². The number of H-pyrrole nitrogens is 1. The second-order valence-corrected chi connectivity index (χ2v) is 12.9. The third-order valence-electron chi connectivity index (χ3n) is 4.73. The van der Waals surface area contributed by atoms with Gasteiger partial charge in [0, 0.05) is 17.0 Å². The average molecular weight is 348 g/mol. The largest absolute Gasteiger partial charge is 0.543 e. The van der Waals surface area contributed by atoms with Crippen molar-refractivity contribution < 1.29 is 9.16 Å². The summed E-state index contributed by atoms with van der Waals surface area (Å²) in [5, 5.41) is 0.774. The van der Waals surface area contributed by atoms with E-state index in [1.54, 1.807) is 0 Å². The normalized spacial score (nSPS) is 12.7. The van der Waals surface area contributed by atoms with Crippen molar-refractivity contribution in [2.75, 3.05) is 0 Å². The molecule has 0 aliphatic rings. The Bertz CT molecular complexity index is 801. The second-order valence-electron chi connectivity index (χ2n) is 8.14. The third-order valence-corrected chi connectivity index (χ3v) is 9.07. The molecule has 1 heterocycles. The minimum absolute atomic E-state index is 0.00469. The van der Waals surface area contributed by atoms with Crippen LogP contribution in [-0.2, 0) is 0 Å². The molecule has 5 heteroatoms. The lowest BCUT2D eigenvalue weighted by atomic mass is 10.1. The van der Waals surface area contributed by atoms with Crippen LogP contribution >= 0.6 is 0 Å². The molecular formula is C19H29NO3Si. The van der Waals surface area contributed by atoms with Gasteiger partial charge in [0.1, 0.15) is 5.75 Å². The summed E-state index contributed by atoms with van der Waals surface area (Å²) in [6.07, 6.45) is 0.00469. The van der Waals surface area contributed by atoms with Crippen LogP contribution in [0.2, 0.25) is 18.1 Å². The zero-order chi connectivity index (χ0) is 18.3. The maximum absolute atomic E-state index is 12.4. The molecule has 132 valence electrons. The van der Waals surface area contributed by atoms with Crippen LogP contribution in [0.4, 0.5) is 0 Å². The minimum Gasteiger partial charge on any atom is -0.543 e. The summed E-state index contributed by atoms with van der Waals surface area (Å²) in [6, 6.07) is 5.26. The first kappa shape index (κ1) is 18.6. The molecule has 0 aliphatic heterocycles. The third kappa shape index (κ3) is 3.66. The van der Waals surface area contributed by atoms with Crippen LogP contribution < -0.4 is 14.6 Å². The number of aromatic nitrogens is 1. The number of hydrogen-bond donors (Lipinski definition) is 1.